The summed E-state index contributed by atoms with van der Waals surface area (Å²) in [4.78, 5) is 24.4. The predicted octanol–water partition coefficient (Wildman–Crippen LogP) is 5.35. The van der Waals surface area contributed by atoms with E-state index >= 15 is 0 Å². The van der Waals surface area contributed by atoms with Gasteiger partial charge in [0.25, 0.3) is 5.91 Å². The number of aliphatic carboxylic acids is 1. The van der Waals surface area contributed by atoms with Gasteiger partial charge in [0.1, 0.15) is 0 Å². The fourth-order valence-corrected chi connectivity index (χ4v) is 4.76. The quantitative estimate of drug-likeness (QED) is 0.544. The molecule has 1 aromatic heterocycles. The Morgan fingerprint density at radius 3 is 2.48 bits per heavy atom. The lowest BCUT2D eigenvalue weighted by Gasteiger charge is -2.31. The molecular weight excluding hydrogens is 412 g/mol. The number of carboxylic acids is 1. The van der Waals surface area contributed by atoms with E-state index in [0.29, 0.717) is 35.9 Å². The first-order chi connectivity index (χ1) is 14.9. The van der Waals surface area contributed by atoms with Crippen molar-refractivity contribution in [3.63, 3.8) is 0 Å². The molecule has 0 aliphatic heterocycles. The van der Waals surface area contributed by atoms with Crippen LogP contribution in [0, 0.1) is 11.8 Å². The molecule has 3 aromatic rings. The molecule has 0 saturated heterocycles. The summed E-state index contributed by atoms with van der Waals surface area (Å²) in [5.41, 5.74) is 2.68. The van der Waals surface area contributed by atoms with Crippen LogP contribution in [0.1, 0.15) is 48.5 Å². The predicted molar refractivity (Wildman–Crippen MR) is 123 cm³/mol. The third-order valence-corrected chi connectivity index (χ3v) is 6.74. The van der Waals surface area contributed by atoms with Gasteiger partial charge in [0.15, 0.2) is 0 Å². The number of hydrogen-bond acceptors (Lipinski definition) is 2. The van der Waals surface area contributed by atoms with Gasteiger partial charge in [-0.3, -0.25) is 9.59 Å². The smallest absolute Gasteiger partial charge is 0.306 e. The number of benzene rings is 2. The standard InChI is InChI=1S/C25H27ClN2O3/c1-16(18-7-9-20(10-8-18)25(30)31)27-24(29)22-4-2-3-19-13-14-28(23(19)22)15-17-5-11-21(26)12-6-17/h2-6,11-14,16,18,20H,7-10,15H2,1H3,(H,27,29)(H,30,31). The minimum atomic E-state index is -0.705. The number of nitrogens with one attached hydrogen (secondary N) is 1. The number of rotatable bonds is 6. The van der Waals surface area contributed by atoms with E-state index in [0.717, 1.165) is 29.3 Å². The largest absolute Gasteiger partial charge is 0.481 e. The zero-order chi connectivity index (χ0) is 22.0. The normalized spacial score (nSPS) is 19.8. The molecule has 6 heteroatoms. The van der Waals surface area contributed by atoms with Gasteiger partial charge in [0.2, 0.25) is 0 Å². The summed E-state index contributed by atoms with van der Waals surface area (Å²) in [6, 6.07) is 15.5. The minimum Gasteiger partial charge on any atom is -0.481 e. The van der Waals surface area contributed by atoms with Crippen LogP contribution in [-0.2, 0) is 11.3 Å². The molecule has 1 heterocycles. The second kappa shape index (κ2) is 9.15. The van der Waals surface area contributed by atoms with E-state index in [2.05, 4.69) is 9.88 Å². The fraction of sp³-hybridized carbons (Fsp3) is 0.360. The summed E-state index contributed by atoms with van der Waals surface area (Å²) < 4.78 is 2.09. The maximum atomic E-state index is 13.2. The number of nitrogens with zero attached hydrogens (tertiary/aromatic N) is 1. The van der Waals surface area contributed by atoms with E-state index < -0.39 is 5.97 Å². The van der Waals surface area contributed by atoms with Crippen molar-refractivity contribution in [3.05, 3.63) is 70.9 Å². The monoisotopic (exact) mass is 438 g/mol. The third-order valence-electron chi connectivity index (χ3n) is 6.49. The second-order valence-electron chi connectivity index (χ2n) is 8.53. The van der Waals surface area contributed by atoms with E-state index in [4.69, 9.17) is 11.6 Å². The molecule has 1 amide bonds. The highest BCUT2D eigenvalue weighted by Crippen LogP contribution is 2.31. The molecule has 162 valence electrons. The highest BCUT2D eigenvalue weighted by atomic mass is 35.5. The Hall–Kier alpha value is -2.79. The van der Waals surface area contributed by atoms with E-state index in [1.54, 1.807) is 0 Å². The lowest BCUT2D eigenvalue weighted by atomic mass is 9.79. The zero-order valence-electron chi connectivity index (χ0n) is 17.6. The first-order valence-corrected chi connectivity index (χ1v) is 11.2. The summed E-state index contributed by atoms with van der Waals surface area (Å²) >= 11 is 6.00. The number of carboxylic acid groups (broad SMARTS) is 1. The van der Waals surface area contributed by atoms with Crippen molar-refractivity contribution in [1.82, 2.24) is 9.88 Å². The van der Waals surface area contributed by atoms with Crippen LogP contribution < -0.4 is 5.32 Å². The van der Waals surface area contributed by atoms with Gasteiger partial charge in [0, 0.05) is 29.2 Å². The highest BCUT2D eigenvalue weighted by Gasteiger charge is 2.29. The maximum Gasteiger partial charge on any atom is 0.306 e. The molecule has 1 fully saturated rings. The van der Waals surface area contributed by atoms with E-state index in [1.165, 1.54) is 0 Å². The van der Waals surface area contributed by atoms with Crippen LogP contribution >= 0.6 is 11.6 Å². The molecule has 1 atom stereocenters. The SMILES string of the molecule is CC(NC(=O)c1cccc2ccn(Cc3ccc(Cl)cc3)c12)C1CCC(C(=O)O)CC1. The average Bonchev–Trinajstić information content (AvgIpc) is 3.18. The van der Waals surface area contributed by atoms with Crippen molar-refractivity contribution in [2.75, 3.05) is 0 Å². The van der Waals surface area contributed by atoms with Crippen LogP contribution in [-0.4, -0.2) is 27.6 Å². The molecule has 0 bridgehead atoms. The van der Waals surface area contributed by atoms with Gasteiger partial charge in [0.05, 0.1) is 17.0 Å². The molecule has 1 aliphatic carbocycles. The molecule has 4 rings (SSSR count). The van der Waals surface area contributed by atoms with Gasteiger partial charge >= 0.3 is 5.97 Å². The Morgan fingerprint density at radius 2 is 1.81 bits per heavy atom. The Balaban J connectivity index is 1.51. The van der Waals surface area contributed by atoms with Gasteiger partial charge in [-0.2, -0.15) is 0 Å². The number of halogens is 1. The number of amides is 1. The van der Waals surface area contributed by atoms with E-state index in [9.17, 15) is 14.7 Å². The molecule has 2 N–H and O–H groups in total. The van der Waals surface area contributed by atoms with Gasteiger partial charge in [-0.25, -0.2) is 0 Å². The number of carbonyl (C=O) groups is 2. The first-order valence-electron chi connectivity index (χ1n) is 10.8. The lowest BCUT2D eigenvalue weighted by molar-refractivity contribution is -0.143. The summed E-state index contributed by atoms with van der Waals surface area (Å²) in [6.07, 6.45) is 5.03. The average molecular weight is 439 g/mol. The molecule has 1 saturated carbocycles. The van der Waals surface area contributed by atoms with Gasteiger partial charge in [-0.15, -0.1) is 0 Å². The summed E-state index contributed by atoms with van der Waals surface area (Å²) in [5.74, 6) is -0.735. The van der Waals surface area contributed by atoms with E-state index in [1.807, 2.05) is 61.7 Å². The Kier molecular flexibility index (Phi) is 6.33. The van der Waals surface area contributed by atoms with E-state index in [-0.39, 0.29) is 17.9 Å². The topological polar surface area (TPSA) is 71.3 Å². The van der Waals surface area contributed by atoms with Crippen LogP contribution in [0.3, 0.4) is 0 Å². The molecular formula is C25H27ClN2O3. The third kappa shape index (κ3) is 4.77. The molecule has 31 heavy (non-hydrogen) atoms. The molecule has 0 radical (unpaired) electrons. The van der Waals surface area contributed by atoms with Crippen LogP contribution in [0.25, 0.3) is 10.9 Å². The summed E-state index contributed by atoms with van der Waals surface area (Å²) in [5, 5.41) is 14.1. The number of para-hydroxylation sites is 1. The number of carbonyl (C=O) groups excluding carboxylic acids is 1. The van der Waals surface area contributed by atoms with Crippen LogP contribution in [0.15, 0.2) is 54.7 Å². The van der Waals surface area contributed by atoms with Gasteiger partial charge < -0.3 is 15.0 Å². The van der Waals surface area contributed by atoms with Gasteiger partial charge in [-0.1, -0.05) is 35.9 Å². The van der Waals surface area contributed by atoms with Crippen LogP contribution in [0.4, 0.5) is 0 Å². The Labute approximate surface area is 187 Å². The van der Waals surface area contributed by atoms with Crippen molar-refractivity contribution in [3.8, 4) is 0 Å². The lowest BCUT2D eigenvalue weighted by Crippen LogP contribution is -2.40. The summed E-state index contributed by atoms with van der Waals surface area (Å²) in [7, 11) is 0. The minimum absolute atomic E-state index is 0.00261. The second-order valence-corrected chi connectivity index (χ2v) is 8.96. The molecule has 1 aliphatic rings. The molecule has 0 spiro atoms. The van der Waals surface area contributed by atoms with Crippen molar-refractivity contribution in [1.29, 1.82) is 0 Å². The first kappa shape index (κ1) is 21.4. The van der Waals surface area contributed by atoms with Crippen molar-refractivity contribution >= 4 is 34.4 Å². The number of fused-ring (bicyclic) bond motifs is 1. The molecule has 1 unspecified atom stereocenters. The Morgan fingerprint density at radius 1 is 1.10 bits per heavy atom. The van der Waals surface area contributed by atoms with Crippen molar-refractivity contribution < 1.29 is 14.7 Å². The zero-order valence-corrected chi connectivity index (χ0v) is 18.3. The fourth-order valence-electron chi connectivity index (χ4n) is 4.63. The number of hydrogen-bond donors (Lipinski definition) is 2. The molecule has 5 nitrogen and oxygen atoms in total. The van der Waals surface area contributed by atoms with Crippen molar-refractivity contribution in [2.24, 2.45) is 11.8 Å². The number of aromatic nitrogens is 1. The Bertz CT molecular complexity index is 1080. The summed E-state index contributed by atoms with van der Waals surface area (Å²) in [6.45, 7) is 2.68. The maximum absolute atomic E-state index is 13.2. The van der Waals surface area contributed by atoms with Crippen LogP contribution in [0.2, 0.25) is 5.02 Å². The highest BCUT2D eigenvalue weighted by molar-refractivity contribution is 6.30. The van der Waals surface area contributed by atoms with Gasteiger partial charge in [-0.05, 0) is 68.4 Å². The van der Waals surface area contributed by atoms with Crippen LogP contribution in [0.5, 0.6) is 0 Å². The van der Waals surface area contributed by atoms with Crippen molar-refractivity contribution in [2.45, 2.75) is 45.2 Å². The molecule has 2 aromatic carbocycles.